The van der Waals surface area contributed by atoms with Crippen LogP contribution in [0, 0.1) is 11.3 Å². The van der Waals surface area contributed by atoms with Crippen LogP contribution in [0.2, 0.25) is 0 Å². The Morgan fingerprint density at radius 1 is 1.31 bits per heavy atom. The second kappa shape index (κ2) is 5.04. The smallest absolute Gasteiger partial charge is 0.315 e. The van der Waals surface area contributed by atoms with Crippen molar-refractivity contribution >= 4 is 17.6 Å². The minimum atomic E-state index is -0.249. The molecule has 0 radical (unpaired) electrons. The van der Waals surface area contributed by atoms with Gasteiger partial charge >= 0.3 is 6.01 Å². The van der Waals surface area contributed by atoms with Crippen LogP contribution in [0.1, 0.15) is 45.9 Å². The van der Waals surface area contributed by atoms with Crippen molar-refractivity contribution < 1.29 is 4.42 Å². The summed E-state index contributed by atoms with van der Waals surface area (Å²) in [4.78, 5) is 0. The predicted molar refractivity (Wildman–Crippen MR) is 65.7 cm³/mol. The van der Waals surface area contributed by atoms with Crippen LogP contribution in [0.4, 0.5) is 6.01 Å². The lowest BCUT2D eigenvalue weighted by Gasteiger charge is -2.28. The van der Waals surface area contributed by atoms with Crippen LogP contribution >= 0.6 is 11.6 Å². The van der Waals surface area contributed by atoms with Gasteiger partial charge in [0.2, 0.25) is 5.89 Å². The first kappa shape index (κ1) is 13.3. The first-order valence-corrected chi connectivity index (χ1v) is 5.98. The average molecular weight is 246 g/mol. The Balaban J connectivity index is 2.55. The van der Waals surface area contributed by atoms with Crippen LogP contribution in [-0.2, 0) is 0 Å². The molecule has 0 aliphatic rings. The molecule has 0 aromatic carbocycles. The Bertz CT molecular complexity index is 334. The Labute approximate surface area is 102 Å². The van der Waals surface area contributed by atoms with Gasteiger partial charge in [-0.05, 0) is 18.3 Å². The number of nitrogens with one attached hydrogen (secondary N) is 1. The van der Waals surface area contributed by atoms with E-state index in [0.29, 0.717) is 17.8 Å². The standard InChI is InChI=1S/C11H20ClN3O/c1-7(2)11(4,5)6-13-10-15-14-9(16-10)8(3)12/h7-8H,6H2,1-5H3,(H,13,15). The summed E-state index contributed by atoms with van der Waals surface area (Å²) in [7, 11) is 0. The zero-order valence-electron chi connectivity index (χ0n) is 10.5. The number of alkyl halides is 1. The van der Waals surface area contributed by atoms with Crippen molar-refractivity contribution in [3.8, 4) is 0 Å². The van der Waals surface area contributed by atoms with Gasteiger partial charge in [-0.15, -0.1) is 16.7 Å². The summed E-state index contributed by atoms with van der Waals surface area (Å²) in [6.07, 6.45) is 0. The summed E-state index contributed by atoms with van der Waals surface area (Å²) in [5.41, 5.74) is 0.182. The summed E-state index contributed by atoms with van der Waals surface area (Å²) >= 11 is 5.83. The van der Waals surface area contributed by atoms with Crippen LogP contribution in [0.15, 0.2) is 4.42 Å². The minimum absolute atomic E-state index is 0.182. The Morgan fingerprint density at radius 2 is 1.94 bits per heavy atom. The van der Waals surface area contributed by atoms with Gasteiger partial charge in [-0.2, -0.15) is 0 Å². The Morgan fingerprint density at radius 3 is 2.38 bits per heavy atom. The predicted octanol–water partition coefficient (Wildman–Crippen LogP) is 3.46. The van der Waals surface area contributed by atoms with Gasteiger partial charge in [-0.1, -0.05) is 32.8 Å². The maximum Gasteiger partial charge on any atom is 0.315 e. The fraction of sp³-hybridized carbons (Fsp3) is 0.818. The van der Waals surface area contributed by atoms with Gasteiger partial charge in [0.05, 0.1) is 0 Å². The molecule has 1 atom stereocenters. The number of rotatable bonds is 5. The molecule has 1 heterocycles. The molecule has 0 fully saturated rings. The van der Waals surface area contributed by atoms with E-state index in [1.807, 2.05) is 0 Å². The fourth-order valence-electron chi connectivity index (χ4n) is 0.974. The van der Waals surface area contributed by atoms with Gasteiger partial charge in [0, 0.05) is 6.54 Å². The largest absolute Gasteiger partial charge is 0.407 e. The molecule has 0 spiro atoms. The third-order valence-electron chi connectivity index (χ3n) is 3.04. The highest BCUT2D eigenvalue weighted by molar-refractivity contribution is 6.20. The van der Waals surface area contributed by atoms with Crippen molar-refractivity contribution in [2.24, 2.45) is 11.3 Å². The second-order valence-corrected chi connectivity index (χ2v) is 5.71. The van der Waals surface area contributed by atoms with E-state index in [4.69, 9.17) is 16.0 Å². The molecule has 1 unspecified atom stereocenters. The summed E-state index contributed by atoms with van der Waals surface area (Å²) < 4.78 is 5.35. The molecule has 5 heteroatoms. The molecule has 0 saturated heterocycles. The molecule has 0 aliphatic carbocycles. The van der Waals surface area contributed by atoms with Crippen molar-refractivity contribution in [2.75, 3.05) is 11.9 Å². The fourth-order valence-corrected chi connectivity index (χ4v) is 1.06. The highest BCUT2D eigenvalue weighted by Gasteiger charge is 2.23. The minimum Gasteiger partial charge on any atom is -0.407 e. The van der Waals surface area contributed by atoms with Crippen molar-refractivity contribution in [1.82, 2.24) is 10.2 Å². The van der Waals surface area contributed by atoms with E-state index < -0.39 is 0 Å². The summed E-state index contributed by atoms with van der Waals surface area (Å²) in [6, 6.07) is 0.441. The van der Waals surface area contributed by atoms with Gasteiger partial charge in [-0.25, -0.2) is 0 Å². The van der Waals surface area contributed by atoms with E-state index in [9.17, 15) is 0 Å². The second-order valence-electron chi connectivity index (χ2n) is 5.06. The van der Waals surface area contributed by atoms with Crippen LogP contribution in [0.25, 0.3) is 0 Å². The summed E-state index contributed by atoms with van der Waals surface area (Å²) in [5, 5.41) is 10.6. The Kier molecular flexibility index (Phi) is 4.19. The SMILES string of the molecule is CC(Cl)c1nnc(NCC(C)(C)C(C)C)o1. The molecule has 1 rings (SSSR count). The summed E-state index contributed by atoms with van der Waals surface area (Å²) in [5.74, 6) is 1.03. The molecule has 1 aromatic heterocycles. The van der Waals surface area contributed by atoms with Crippen molar-refractivity contribution in [3.63, 3.8) is 0 Å². The molecule has 0 saturated carbocycles. The van der Waals surface area contributed by atoms with E-state index in [1.54, 1.807) is 6.92 Å². The first-order chi connectivity index (χ1) is 7.33. The molecule has 0 aliphatic heterocycles. The van der Waals surface area contributed by atoms with E-state index in [-0.39, 0.29) is 10.8 Å². The third kappa shape index (κ3) is 3.37. The third-order valence-corrected chi connectivity index (χ3v) is 3.23. The monoisotopic (exact) mass is 245 g/mol. The molecule has 0 bridgehead atoms. The molecule has 0 amide bonds. The summed E-state index contributed by atoms with van der Waals surface area (Å²) in [6.45, 7) is 11.4. The van der Waals surface area contributed by atoms with Crippen LogP contribution in [-0.4, -0.2) is 16.7 Å². The van der Waals surface area contributed by atoms with E-state index >= 15 is 0 Å². The van der Waals surface area contributed by atoms with Crippen molar-refractivity contribution in [1.29, 1.82) is 0 Å². The molecule has 1 aromatic rings. The lowest BCUT2D eigenvalue weighted by atomic mass is 9.81. The molecular formula is C11H20ClN3O. The molecular weight excluding hydrogens is 226 g/mol. The normalized spacial score (nSPS) is 14.2. The van der Waals surface area contributed by atoms with Crippen molar-refractivity contribution in [3.05, 3.63) is 5.89 Å². The van der Waals surface area contributed by atoms with Crippen molar-refractivity contribution in [2.45, 2.75) is 40.0 Å². The van der Waals surface area contributed by atoms with Gasteiger partial charge in [-0.3, -0.25) is 0 Å². The first-order valence-electron chi connectivity index (χ1n) is 5.54. The molecule has 1 N–H and O–H groups in total. The molecule has 4 nitrogen and oxygen atoms in total. The quantitative estimate of drug-likeness (QED) is 0.808. The zero-order valence-corrected chi connectivity index (χ0v) is 11.3. The number of halogens is 1. The molecule has 16 heavy (non-hydrogen) atoms. The van der Waals surface area contributed by atoms with Gasteiger partial charge in [0.15, 0.2) is 0 Å². The lowest BCUT2D eigenvalue weighted by molar-refractivity contribution is 0.267. The number of hydrogen-bond donors (Lipinski definition) is 1. The van der Waals surface area contributed by atoms with Crippen LogP contribution in [0.3, 0.4) is 0 Å². The topological polar surface area (TPSA) is 51.0 Å². The highest BCUT2D eigenvalue weighted by Crippen LogP contribution is 2.26. The van der Waals surface area contributed by atoms with E-state index in [2.05, 4.69) is 43.2 Å². The maximum absolute atomic E-state index is 5.83. The van der Waals surface area contributed by atoms with Gasteiger partial charge < -0.3 is 9.73 Å². The Hall–Kier alpha value is -0.770. The average Bonchev–Trinajstić information content (AvgIpc) is 2.63. The zero-order chi connectivity index (χ0) is 12.3. The van der Waals surface area contributed by atoms with E-state index in [1.165, 1.54) is 0 Å². The maximum atomic E-state index is 5.83. The molecule has 92 valence electrons. The number of anilines is 1. The van der Waals surface area contributed by atoms with Gasteiger partial charge in [0.25, 0.3) is 0 Å². The number of aromatic nitrogens is 2. The van der Waals surface area contributed by atoms with E-state index in [0.717, 1.165) is 6.54 Å². The van der Waals surface area contributed by atoms with Gasteiger partial charge in [0.1, 0.15) is 5.38 Å². The number of hydrogen-bond acceptors (Lipinski definition) is 4. The van der Waals surface area contributed by atoms with Crippen LogP contribution in [0.5, 0.6) is 0 Å². The highest BCUT2D eigenvalue weighted by atomic mass is 35.5. The lowest BCUT2D eigenvalue weighted by Crippen LogP contribution is -2.28. The van der Waals surface area contributed by atoms with Crippen LogP contribution < -0.4 is 5.32 Å². The number of nitrogens with zero attached hydrogens (tertiary/aromatic N) is 2.